The molecule has 2 N–H and O–H groups in total. The summed E-state index contributed by atoms with van der Waals surface area (Å²) in [6.45, 7) is 14.0. The minimum atomic E-state index is 0.491. The molecule has 1 aliphatic heterocycles. The van der Waals surface area contributed by atoms with Crippen molar-refractivity contribution in [2.24, 2.45) is 10.9 Å². The molecule has 28 heavy (non-hydrogen) atoms. The fraction of sp³-hybridized carbons (Fsp3) is 0.810. The van der Waals surface area contributed by atoms with Crippen molar-refractivity contribution >= 4 is 5.96 Å². The summed E-state index contributed by atoms with van der Waals surface area (Å²) in [5, 5.41) is 11.2. The average Bonchev–Trinajstić information content (AvgIpc) is 3.15. The summed E-state index contributed by atoms with van der Waals surface area (Å²) in [6.07, 6.45) is 4.10. The molecule has 2 rings (SSSR count). The first-order valence-corrected chi connectivity index (χ1v) is 10.9. The van der Waals surface area contributed by atoms with Gasteiger partial charge in [-0.3, -0.25) is 9.89 Å². The Morgan fingerprint density at radius 1 is 1.11 bits per heavy atom. The zero-order valence-electron chi connectivity index (χ0n) is 18.4. The summed E-state index contributed by atoms with van der Waals surface area (Å²) in [5.41, 5.74) is 2.20. The standard InChI is InChI=1S/C21H39N5O2/c1-6-16(7-2)19(26-10-12-27-13-11-26)15-24-21(22-5)23-14-17-18(8-3)25-28-20(17)9-4/h16,19H,6-15H2,1-5H3,(H2,22,23,24). The Kier molecular flexibility index (Phi) is 9.78. The number of guanidine groups is 1. The van der Waals surface area contributed by atoms with Crippen LogP contribution in [-0.4, -0.2) is 62.0 Å². The third-order valence-corrected chi connectivity index (χ3v) is 5.85. The molecule has 0 amide bonds. The molecule has 2 heterocycles. The van der Waals surface area contributed by atoms with E-state index in [1.165, 1.54) is 12.8 Å². The highest BCUT2D eigenvalue weighted by molar-refractivity contribution is 5.79. The summed E-state index contributed by atoms with van der Waals surface area (Å²) < 4.78 is 11.0. The van der Waals surface area contributed by atoms with Crippen LogP contribution in [0.4, 0.5) is 0 Å². The van der Waals surface area contributed by atoms with E-state index >= 15 is 0 Å². The van der Waals surface area contributed by atoms with Gasteiger partial charge in [0.2, 0.25) is 0 Å². The zero-order valence-corrected chi connectivity index (χ0v) is 18.4. The molecule has 1 aromatic heterocycles. The van der Waals surface area contributed by atoms with Gasteiger partial charge in [0, 0.05) is 51.3 Å². The van der Waals surface area contributed by atoms with Crippen LogP contribution in [0.2, 0.25) is 0 Å². The Morgan fingerprint density at radius 3 is 2.39 bits per heavy atom. The molecule has 0 saturated carbocycles. The highest BCUT2D eigenvalue weighted by atomic mass is 16.5. The van der Waals surface area contributed by atoms with Crippen LogP contribution in [0, 0.1) is 5.92 Å². The highest BCUT2D eigenvalue weighted by Gasteiger charge is 2.27. The summed E-state index contributed by atoms with van der Waals surface area (Å²) in [6, 6.07) is 0.491. The molecular weight excluding hydrogens is 354 g/mol. The van der Waals surface area contributed by atoms with Gasteiger partial charge in [-0.15, -0.1) is 0 Å². The minimum Gasteiger partial charge on any atom is -0.379 e. The number of aliphatic imine (C=N–C) groups is 1. The smallest absolute Gasteiger partial charge is 0.191 e. The Balaban J connectivity index is 1.97. The predicted octanol–water partition coefficient (Wildman–Crippen LogP) is 2.60. The molecule has 1 atom stereocenters. The van der Waals surface area contributed by atoms with Crippen molar-refractivity contribution in [1.82, 2.24) is 20.7 Å². The van der Waals surface area contributed by atoms with Gasteiger partial charge >= 0.3 is 0 Å². The average molecular weight is 394 g/mol. The molecule has 1 aromatic rings. The third-order valence-electron chi connectivity index (χ3n) is 5.85. The van der Waals surface area contributed by atoms with Crippen LogP contribution >= 0.6 is 0 Å². The fourth-order valence-corrected chi connectivity index (χ4v) is 4.07. The summed E-state index contributed by atoms with van der Waals surface area (Å²) >= 11 is 0. The lowest BCUT2D eigenvalue weighted by Crippen LogP contribution is -2.53. The lowest BCUT2D eigenvalue weighted by atomic mass is 9.92. The maximum Gasteiger partial charge on any atom is 0.191 e. The normalized spacial score (nSPS) is 17.1. The third kappa shape index (κ3) is 5.95. The molecule has 0 aliphatic carbocycles. The van der Waals surface area contributed by atoms with E-state index in [4.69, 9.17) is 9.26 Å². The summed E-state index contributed by atoms with van der Waals surface area (Å²) in [7, 11) is 1.82. The Bertz CT molecular complexity index is 570. The van der Waals surface area contributed by atoms with E-state index in [1.54, 1.807) is 0 Å². The maximum absolute atomic E-state index is 5.55. The number of hydrogen-bond donors (Lipinski definition) is 2. The van der Waals surface area contributed by atoms with E-state index < -0.39 is 0 Å². The predicted molar refractivity (Wildman–Crippen MR) is 114 cm³/mol. The van der Waals surface area contributed by atoms with Crippen molar-refractivity contribution in [3.05, 3.63) is 17.0 Å². The van der Waals surface area contributed by atoms with Crippen LogP contribution in [0.15, 0.2) is 9.52 Å². The van der Waals surface area contributed by atoms with E-state index in [1.807, 2.05) is 7.05 Å². The van der Waals surface area contributed by atoms with E-state index in [9.17, 15) is 0 Å². The van der Waals surface area contributed by atoms with Gasteiger partial charge in [-0.25, -0.2) is 0 Å². The van der Waals surface area contributed by atoms with E-state index in [2.05, 4.69) is 53.4 Å². The lowest BCUT2D eigenvalue weighted by molar-refractivity contribution is 0.00272. The number of nitrogens with zero attached hydrogens (tertiary/aromatic N) is 3. The first-order valence-electron chi connectivity index (χ1n) is 10.9. The quantitative estimate of drug-likeness (QED) is 0.470. The van der Waals surface area contributed by atoms with Gasteiger partial charge in [0.15, 0.2) is 5.96 Å². The molecule has 1 aliphatic rings. The molecule has 0 aromatic carbocycles. The van der Waals surface area contributed by atoms with Crippen molar-refractivity contribution in [2.75, 3.05) is 39.9 Å². The number of aryl methyl sites for hydroxylation is 2. The number of morpholine rings is 1. The van der Waals surface area contributed by atoms with E-state index in [0.717, 1.165) is 68.7 Å². The minimum absolute atomic E-state index is 0.491. The van der Waals surface area contributed by atoms with Gasteiger partial charge in [-0.1, -0.05) is 45.7 Å². The molecule has 7 heteroatoms. The van der Waals surface area contributed by atoms with E-state index in [0.29, 0.717) is 18.5 Å². The fourth-order valence-electron chi connectivity index (χ4n) is 4.07. The largest absolute Gasteiger partial charge is 0.379 e. The summed E-state index contributed by atoms with van der Waals surface area (Å²) in [5.74, 6) is 2.46. The summed E-state index contributed by atoms with van der Waals surface area (Å²) in [4.78, 5) is 7.00. The van der Waals surface area contributed by atoms with Gasteiger partial charge < -0.3 is 19.9 Å². The molecular formula is C21H39N5O2. The van der Waals surface area contributed by atoms with Crippen LogP contribution in [0.25, 0.3) is 0 Å². The van der Waals surface area contributed by atoms with Crippen LogP contribution in [0.5, 0.6) is 0 Å². The molecule has 0 spiro atoms. The second-order valence-electron chi connectivity index (χ2n) is 7.34. The number of aromatic nitrogens is 1. The number of hydrogen-bond acceptors (Lipinski definition) is 5. The van der Waals surface area contributed by atoms with Crippen LogP contribution in [0.1, 0.15) is 57.6 Å². The van der Waals surface area contributed by atoms with Crippen molar-refractivity contribution in [3.63, 3.8) is 0 Å². The number of rotatable bonds is 10. The molecule has 0 bridgehead atoms. The van der Waals surface area contributed by atoms with Crippen LogP contribution in [0.3, 0.4) is 0 Å². The Morgan fingerprint density at radius 2 is 1.82 bits per heavy atom. The number of nitrogens with one attached hydrogen (secondary N) is 2. The first-order chi connectivity index (χ1) is 13.7. The molecule has 160 valence electrons. The van der Waals surface area contributed by atoms with Crippen molar-refractivity contribution in [2.45, 2.75) is 66.0 Å². The molecule has 7 nitrogen and oxygen atoms in total. The van der Waals surface area contributed by atoms with Gasteiger partial charge in [-0.05, 0) is 12.3 Å². The monoisotopic (exact) mass is 393 g/mol. The molecule has 1 saturated heterocycles. The Labute approximate surface area is 170 Å². The van der Waals surface area contributed by atoms with Gasteiger partial charge in [0.1, 0.15) is 5.76 Å². The maximum atomic E-state index is 5.55. The second kappa shape index (κ2) is 12.1. The lowest BCUT2D eigenvalue weighted by Gasteiger charge is -2.39. The van der Waals surface area contributed by atoms with Crippen LogP contribution in [-0.2, 0) is 24.1 Å². The molecule has 1 fully saturated rings. The Hall–Kier alpha value is -1.60. The van der Waals surface area contributed by atoms with Crippen molar-refractivity contribution < 1.29 is 9.26 Å². The van der Waals surface area contributed by atoms with Crippen LogP contribution < -0.4 is 10.6 Å². The van der Waals surface area contributed by atoms with Gasteiger partial charge in [0.25, 0.3) is 0 Å². The van der Waals surface area contributed by atoms with Gasteiger partial charge in [-0.2, -0.15) is 0 Å². The van der Waals surface area contributed by atoms with Crippen molar-refractivity contribution in [3.8, 4) is 0 Å². The van der Waals surface area contributed by atoms with Crippen molar-refractivity contribution in [1.29, 1.82) is 0 Å². The highest BCUT2D eigenvalue weighted by Crippen LogP contribution is 2.20. The number of ether oxygens (including phenoxy) is 1. The first kappa shape index (κ1) is 22.7. The second-order valence-corrected chi connectivity index (χ2v) is 7.34. The SMILES string of the molecule is CCc1noc(CC)c1CNC(=NC)NCC(C(CC)CC)N1CCOCC1. The van der Waals surface area contributed by atoms with Gasteiger partial charge in [0.05, 0.1) is 18.9 Å². The molecule has 1 unspecified atom stereocenters. The van der Waals surface area contributed by atoms with E-state index in [-0.39, 0.29) is 0 Å². The zero-order chi connectivity index (χ0) is 20.4. The topological polar surface area (TPSA) is 74.9 Å². The molecule has 0 radical (unpaired) electrons.